The van der Waals surface area contributed by atoms with Crippen LogP contribution in [0.2, 0.25) is 0 Å². The molecule has 1 heterocycles. The Morgan fingerprint density at radius 3 is 2.15 bits per heavy atom. The quantitative estimate of drug-likeness (QED) is 0.655. The molecule has 13 heavy (non-hydrogen) atoms. The molecule has 1 fully saturated rings. The number of epoxide rings is 1. The van der Waals surface area contributed by atoms with Crippen LogP contribution in [-0.2, 0) is 14.3 Å². The van der Waals surface area contributed by atoms with Gasteiger partial charge in [0, 0.05) is 4.75 Å². The molecule has 1 rings (SSSR count). The second-order valence-electron chi connectivity index (χ2n) is 3.91. The first-order chi connectivity index (χ1) is 5.81. The van der Waals surface area contributed by atoms with Crippen LogP contribution in [0.5, 0.6) is 0 Å². The van der Waals surface area contributed by atoms with Crippen LogP contribution in [0.25, 0.3) is 0 Å². The summed E-state index contributed by atoms with van der Waals surface area (Å²) in [6.07, 6.45) is -1.30. The molecule has 0 aliphatic carbocycles. The highest BCUT2D eigenvalue weighted by molar-refractivity contribution is 8.14. The van der Waals surface area contributed by atoms with Crippen LogP contribution >= 0.6 is 11.8 Å². The van der Waals surface area contributed by atoms with Gasteiger partial charge in [0.25, 0.3) is 0 Å². The maximum Gasteiger partial charge on any atom is 0.249 e. The molecule has 0 aromatic carbocycles. The van der Waals surface area contributed by atoms with Gasteiger partial charge in [-0.15, -0.1) is 0 Å². The highest BCUT2D eigenvalue weighted by atomic mass is 32.2. The SMILES string of the molecule is CC(C)(C)SC(=O)C1OC1C(N)=O. The monoisotopic (exact) mass is 203 g/mol. The maximum atomic E-state index is 11.4. The second-order valence-corrected chi connectivity index (χ2v) is 5.74. The van der Waals surface area contributed by atoms with E-state index in [2.05, 4.69) is 0 Å². The van der Waals surface area contributed by atoms with Crippen molar-refractivity contribution in [3.05, 3.63) is 0 Å². The average molecular weight is 203 g/mol. The van der Waals surface area contributed by atoms with Gasteiger partial charge in [-0.05, 0) is 0 Å². The van der Waals surface area contributed by atoms with E-state index >= 15 is 0 Å². The lowest BCUT2D eigenvalue weighted by molar-refractivity contribution is -0.119. The van der Waals surface area contributed by atoms with Crippen LogP contribution < -0.4 is 5.73 Å². The van der Waals surface area contributed by atoms with Crippen molar-refractivity contribution < 1.29 is 14.3 Å². The zero-order valence-electron chi connectivity index (χ0n) is 7.87. The first kappa shape index (κ1) is 10.5. The normalized spacial score (nSPS) is 27.0. The van der Waals surface area contributed by atoms with E-state index in [-0.39, 0.29) is 9.86 Å². The fraction of sp³-hybridized carbons (Fsp3) is 0.750. The topological polar surface area (TPSA) is 72.7 Å². The fourth-order valence-corrected chi connectivity index (χ4v) is 1.77. The molecule has 1 amide bonds. The standard InChI is InChI=1S/C8H13NO3S/c1-8(2,3)13-7(11)5-4(12-5)6(9)10/h4-5H,1-3H3,(H2,9,10). The molecule has 2 N–H and O–H groups in total. The molecular formula is C8H13NO3S. The number of thioether (sulfide) groups is 1. The Bertz CT molecular complexity index is 246. The van der Waals surface area contributed by atoms with Gasteiger partial charge in [-0.3, -0.25) is 9.59 Å². The van der Waals surface area contributed by atoms with E-state index < -0.39 is 18.1 Å². The summed E-state index contributed by atoms with van der Waals surface area (Å²) in [5.74, 6) is -0.562. The number of amides is 1. The van der Waals surface area contributed by atoms with E-state index in [1.807, 2.05) is 20.8 Å². The summed E-state index contributed by atoms with van der Waals surface area (Å²) in [6, 6.07) is 0. The number of hydrogen-bond donors (Lipinski definition) is 1. The third-order valence-corrected chi connectivity index (χ3v) is 2.46. The van der Waals surface area contributed by atoms with Gasteiger partial charge in [-0.2, -0.15) is 0 Å². The van der Waals surface area contributed by atoms with Crippen molar-refractivity contribution in [1.82, 2.24) is 0 Å². The van der Waals surface area contributed by atoms with Gasteiger partial charge >= 0.3 is 0 Å². The van der Waals surface area contributed by atoms with Gasteiger partial charge in [0.2, 0.25) is 11.0 Å². The zero-order chi connectivity index (χ0) is 10.2. The largest absolute Gasteiger partial charge is 0.367 e. The van der Waals surface area contributed by atoms with Gasteiger partial charge in [0.1, 0.15) is 0 Å². The minimum Gasteiger partial charge on any atom is -0.367 e. The highest BCUT2D eigenvalue weighted by Gasteiger charge is 2.49. The van der Waals surface area contributed by atoms with Crippen molar-refractivity contribution in [1.29, 1.82) is 0 Å². The Kier molecular flexibility index (Phi) is 2.68. The van der Waals surface area contributed by atoms with E-state index in [9.17, 15) is 9.59 Å². The van der Waals surface area contributed by atoms with E-state index in [0.29, 0.717) is 0 Å². The summed E-state index contributed by atoms with van der Waals surface area (Å²) >= 11 is 1.18. The van der Waals surface area contributed by atoms with Crippen LogP contribution in [0.1, 0.15) is 20.8 Å². The number of hydrogen-bond acceptors (Lipinski definition) is 4. The molecular weight excluding hydrogens is 190 g/mol. The highest BCUT2D eigenvalue weighted by Crippen LogP contribution is 2.33. The molecule has 74 valence electrons. The zero-order valence-corrected chi connectivity index (χ0v) is 8.68. The van der Waals surface area contributed by atoms with Gasteiger partial charge in [0.15, 0.2) is 12.2 Å². The van der Waals surface area contributed by atoms with Crippen molar-refractivity contribution in [2.45, 2.75) is 37.7 Å². The summed E-state index contributed by atoms with van der Waals surface area (Å²) < 4.78 is 4.69. The Morgan fingerprint density at radius 1 is 1.31 bits per heavy atom. The minimum absolute atomic E-state index is 0.115. The Labute approximate surface area is 81.2 Å². The van der Waals surface area contributed by atoms with Gasteiger partial charge in [0.05, 0.1) is 0 Å². The van der Waals surface area contributed by atoms with Crippen molar-refractivity contribution in [2.24, 2.45) is 5.73 Å². The number of primary amides is 1. The lowest BCUT2D eigenvalue weighted by Gasteiger charge is -2.14. The molecule has 4 nitrogen and oxygen atoms in total. The average Bonchev–Trinajstić information content (AvgIpc) is 2.58. The molecule has 0 aromatic heterocycles. The summed E-state index contributed by atoms with van der Waals surface area (Å²) in [4.78, 5) is 21.9. The Balaban J connectivity index is 2.40. The maximum absolute atomic E-state index is 11.4. The predicted molar refractivity (Wildman–Crippen MR) is 50.2 cm³/mol. The summed E-state index contributed by atoms with van der Waals surface area (Å²) in [6.45, 7) is 5.78. The number of rotatable bonds is 2. The molecule has 2 atom stereocenters. The molecule has 1 aliphatic rings. The molecule has 2 unspecified atom stereocenters. The van der Waals surface area contributed by atoms with E-state index in [0.717, 1.165) is 0 Å². The third-order valence-electron chi connectivity index (χ3n) is 1.41. The van der Waals surface area contributed by atoms with Crippen LogP contribution in [0, 0.1) is 0 Å². The number of carbonyl (C=O) groups is 2. The molecule has 0 saturated carbocycles. The first-order valence-electron chi connectivity index (χ1n) is 3.99. The van der Waals surface area contributed by atoms with E-state index in [4.69, 9.17) is 10.5 Å². The van der Waals surface area contributed by atoms with Gasteiger partial charge in [-0.25, -0.2) is 0 Å². The number of ether oxygens (including phenoxy) is 1. The Morgan fingerprint density at radius 2 is 1.85 bits per heavy atom. The molecule has 0 bridgehead atoms. The minimum atomic E-state index is -0.692. The number of nitrogens with two attached hydrogens (primary N) is 1. The van der Waals surface area contributed by atoms with Crippen molar-refractivity contribution in [3.8, 4) is 0 Å². The first-order valence-corrected chi connectivity index (χ1v) is 4.80. The van der Waals surface area contributed by atoms with Crippen LogP contribution in [0.3, 0.4) is 0 Å². The molecule has 5 heteroatoms. The van der Waals surface area contributed by atoms with E-state index in [1.165, 1.54) is 11.8 Å². The molecule has 1 aliphatic heterocycles. The lowest BCUT2D eigenvalue weighted by atomic mass is 10.3. The van der Waals surface area contributed by atoms with Gasteiger partial charge in [-0.1, -0.05) is 32.5 Å². The fourth-order valence-electron chi connectivity index (χ4n) is 0.868. The molecule has 1 saturated heterocycles. The van der Waals surface area contributed by atoms with Crippen molar-refractivity contribution >= 4 is 22.8 Å². The van der Waals surface area contributed by atoms with E-state index in [1.54, 1.807) is 0 Å². The summed E-state index contributed by atoms with van der Waals surface area (Å²) in [7, 11) is 0. The van der Waals surface area contributed by atoms with Crippen LogP contribution in [0.4, 0.5) is 0 Å². The molecule has 0 aromatic rings. The van der Waals surface area contributed by atoms with Crippen LogP contribution in [0.15, 0.2) is 0 Å². The summed E-state index contributed by atoms with van der Waals surface area (Å²) in [5.41, 5.74) is 4.96. The third kappa shape index (κ3) is 3.00. The lowest BCUT2D eigenvalue weighted by Crippen LogP contribution is -2.23. The Hall–Kier alpha value is -0.550. The predicted octanol–water partition coefficient (Wildman–Crippen LogP) is 0.297. The van der Waals surface area contributed by atoms with Crippen LogP contribution in [-0.4, -0.2) is 28.0 Å². The number of carbonyl (C=O) groups excluding carboxylic acids is 2. The van der Waals surface area contributed by atoms with Gasteiger partial charge < -0.3 is 10.5 Å². The van der Waals surface area contributed by atoms with Crippen molar-refractivity contribution in [2.75, 3.05) is 0 Å². The summed E-state index contributed by atoms with van der Waals surface area (Å²) in [5, 5.41) is -0.115. The second kappa shape index (κ2) is 3.31. The molecule has 0 radical (unpaired) electrons. The molecule has 0 spiro atoms. The van der Waals surface area contributed by atoms with Crippen molar-refractivity contribution in [3.63, 3.8) is 0 Å². The smallest absolute Gasteiger partial charge is 0.249 e.